The Morgan fingerprint density at radius 1 is 1.22 bits per heavy atom. The van der Waals surface area contributed by atoms with Crippen LogP contribution in [0.25, 0.3) is 0 Å². The van der Waals surface area contributed by atoms with Crippen molar-refractivity contribution in [2.75, 3.05) is 44.2 Å². The predicted molar refractivity (Wildman–Crippen MR) is 86.9 cm³/mol. The van der Waals surface area contributed by atoms with E-state index in [9.17, 15) is 9.50 Å². The molecule has 3 heterocycles. The molecular formula is C17H26FN3O2. The molecule has 0 unspecified atom stereocenters. The molecule has 1 aromatic rings. The number of anilines is 1. The lowest BCUT2D eigenvalue weighted by atomic mass is 9.96. The van der Waals surface area contributed by atoms with E-state index < -0.39 is 0 Å². The van der Waals surface area contributed by atoms with Crippen LogP contribution in [0.15, 0.2) is 18.5 Å². The predicted octanol–water partition coefficient (Wildman–Crippen LogP) is 1.37. The zero-order valence-corrected chi connectivity index (χ0v) is 13.9. The number of aromatic nitrogens is 1. The molecule has 6 heteroatoms. The van der Waals surface area contributed by atoms with Gasteiger partial charge in [-0.05, 0) is 25.8 Å². The number of nitrogens with zero attached hydrogens (tertiary/aromatic N) is 3. The Kier molecular flexibility index (Phi) is 5.14. The van der Waals surface area contributed by atoms with Gasteiger partial charge in [0, 0.05) is 51.4 Å². The Morgan fingerprint density at radius 3 is 2.57 bits per heavy atom. The van der Waals surface area contributed by atoms with E-state index >= 15 is 0 Å². The molecule has 0 aromatic carbocycles. The molecule has 4 atom stereocenters. The highest BCUT2D eigenvalue weighted by Gasteiger charge is 2.35. The average molecular weight is 323 g/mol. The van der Waals surface area contributed by atoms with Crippen molar-refractivity contribution in [3.05, 3.63) is 24.3 Å². The normalized spacial score (nSPS) is 32.4. The zero-order valence-electron chi connectivity index (χ0n) is 13.9. The minimum Gasteiger partial charge on any atom is -0.396 e. The van der Waals surface area contributed by atoms with Gasteiger partial charge in [-0.1, -0.05) is 0 Å². The Balaban J connectivity index is 1.66. The molecule has 2 fully saturated rings. The largest absolute Gasteiger partial charge is 0.396 e. The van der Waals surface area contributed by atoms with E-state index in [4.69, 9.17) is 4.74 Å². The highest BCUT2D eigenvalue weighted by atomic mass is 19.1. The van der Waals surface area contributed by atoms with Crippen LogP contribution in [-0.2, 0) is 4.74 Å². The third kappa shape index (κ3) is 3.82. The maximum absolute atomic E-state index is 14.0. The lowest BCUT2D eigenvalue weighted by Crippen LogP contribution is -2.48. The van der Waals surface area contributed by atoms with Crippen molar-refractivity contribution in [3.8, 4) is 0 Å². The van der Waals surface area contributed by atoms with Crippen LogP contribution < -0.4 is 4.90 Å². The van der Waals surface area contributed by atoms with Crippen LogP contribution in [0.5, 0.6) is 0 Å². The van der Waals surface area contributed by atoms with Gasteiger partial charge in [-0.15, -0.1) is 0 Å². The number of aliphatic hydroxyl groups excluding tert-OH is 1. The van der Waals surface area contributed by atoms with E-state index in [2.05, 4.69) is 23.7 Å². The molecule has 2 saturated heterocycles. The van der Waals surface area contributed by atoms with Crippen molar-refractivity contribution in [2.24, 2.45) is 11.8 Å². The van der Waals surface area contributed by atoms with Gasteiger partial charge in [-0.3, -0.25) is 9.88 Å². The second-order valence-electron chi connectivity index (χ2n) is 6.91. The summed E-state index contributed by atoms with van der Waals surface area (Å²) in [5.74, 6) is 0.222. The van der Waals surface area contributed by atoms with Crippen molar-refractivity contribution < 1.29 is 14.2 Å². The van der Waals surface area contributed by atoms with Gasteiger partial charge in [-0.2, -0.15) is 0 Å². The third-order valence-corrected chi connectivity index (χ3v) is 4.89. The molecule has 3 rings (SSSR count). The molecule has 1 aromatic heterocycles. The number of halogens is 1. The first-order valence-electron chi connectivity index (χ1n) is 8.40. The molecule has 0 spiro atoms. The second-order valence-corrected chi connectivity index (χ2v) is 6.91. The smallest absolute Gasteiger partial charge is 0.164 e. The summed E-state index contributed by atoms with van der Waals surface area (Å²) in [7, 11) is 0. The van der Waals surface area contributed by atoms with Gasteiger partial charge in [-0.25, -0.2) is 4.39 Å². The Morgan fingerprint density at radius 2 is 1.91 bits per heavy atom. The number of ether oxygens (including phenoxy) is 1. The monoisotopic (exact) mass is 323 g/mol. The maximum Gasteiger partial charge on any atom is 0.164 e. The van der Waals surface area contributed by atoms with E-state index in [0.29, 0.717) is 18.2 Å². The van der Waals surface area contributed by atoms with Crippen molar-refractivity contribution >= 4 is 5.69 Å². The van der Waals surface area contributed by atoms with Crippen LogP contribution in [0.3, 0.4) is 0 Å². The second kappa shape index (κ2) is 7.11. The summed E-state index contributed by atoms with van der Waals surface area (Å²) in [6, 6.07) is 1.71. The summed E-state index contributed by atoms with van der Waals surface area (Å²) < 4.78 is 19.7. The molecule has 0 radical (unpaired) electrons. The standard InChI is InChI=1S/C17H26FN3O2/c1-12-6-20(7-13(2)23-12)8-14-9-21(10-15(14)11-22)17-3-4-19-5-16(17)18/h3-5,12-15,22H,6-11H2,1-2H3/t12-,13+,14-,15-/m1/s1. The summed E-state index contributed by atoms with van der Waals surface area (Å²) in [6.45, 7) is 8.56. The van der Waals surface area contributed by atoms with Crippen LogP contribution in [0.4, 0.5) is 10.1 Å². The van der Waals surface area contributed by atoms with Gasteiger partial charge in [0.2, 0.25) is 0 Å². The zero-order chi connectivity index (χ0) is 16.4. The first-order valence-corrected chi connectivity index (χ1v) is 8.40. The van der Waals surface area contributed by atoms with Gasteiger partial charge < -0.3 is 14.7 Å². The number of rotatable bonds is 4. The number of aliphatic hydroxyl groups is 1. The Bertz CT molecular complexity index is 520. The molecule has 0 saturated carbocycles. The highest BCUT2D eigenvalue weighted by Crippen LogP contribution is 2.30. The average Bonchev–Trinajstić information content (AvgIpc) is 2.89. The minimum atomic E-state index is -0.293. The van der Waals surface area contributed by atoms with Crippen LogP contribution in [0.2, 0.25) is 0 Å². The summed E-state index contributed by atoms with van der Waals surface area (Å²) in [5, 5.41) is 9.73. The quantitative estimate of drug-likeness (QED) is 0.907. The molecule has 2 aliphatic rings. The molecule has 5 nitrogen and oxygen atoms in total. The summed E-state index contributed by atoms with van der Waals surface area (Å²) in [4.78, 5) is 8.26. The Hall–Kier alpha value is -1.24. The van der Waals surface area contributed by atoms with Crippen LogP contribution >= 0.6 is 0 Å². The molecular weight excluding hydrogens is 297 g/mol. The number of pyridine rings is 1. The van der Waals surface area contributed by atoms with Crippen LogP contribution in [0, 0.1) is 17.7 Å². The molecule has 0 aliphatic carbocycles. The molecule has 0 amide bonds. The Labute approximate surface area is 137 Å². The van der Waals surface area contributed by atoms with E-state index in [1.165, 1.54) is 6.20 Å². The fourth-order valence-electron chi connectivity index (χ4n) is 3.94. The number of morpholine rings is 1. The molecule has 23 heavy (non-hydrogen) atoms. The first-order chi connectivity index (χ1) is 11.1. The summed E-state index contributed by atoms with van der Waals surface area (Å²) in [5.41, 5.74) is 0.588. The van der Waals surface area contributed by atoms with Gasteiger partial charge >= 0.3 is 0 Å². The fraction of sp³-hybridized carbons (Fsp3) is 0.706. The van der Waals surface area contributed by atoms with Crippen molar-refractivity contribution in [3.63, 3.8) is 0 Å². The summed E-state index contributed by atoms with van der Waals surface area (Å²) >= 11 is 0. The van der Waals surface area contributed by atoms with E-state index in [-0.39, 0.29) is 30.5 Å². The fourth-order valence-corrected chi connectivity index (χ4v) is 3.94. The minimum absolute atomic E-state index is 0.142. The topological polar surface area (TPSA) is 48.8 Å². The molecule has 1 N–H and O–H groups in total. The van der Waals surface area contributed by atoms with Gasteiger partial charge in [0.05, 0.1) is 24.1 Å². The van der Waals surface area contributed by atoms with Crippen molar-refractivity contribution in [2.45, 2.75) is 26.1 Å². The number of hydrogen-bond donors (Lipinski definition) is 1. The summed E-state index contributed by atoms with van der Waals surface area (Å²) in [6.07, 6.45) is 3.34. The van der Waals surface area contributed by atoms with Gasteiger partial charge in [0.1, 0.15) is 0 Å². The lowest BCUT2D eigenvalue weighted by molar-refractivity contribution is -0.0725. The lowest BCUT2D eigenvalue weighted by Gasteiger charge is -2.37. The molecule has 0 bridgehead atoms. The van der Waals surface area contributed by atoms with Crippen molar-refractivity contribution in [1.82, 2.24) is 9.88 Å². The van der Waals surface area contributed by atoms with Crippen LogP contribution in [-0.4, -0.2) is 66.5 Å². The van der Waals surface area contributed by atoms with E-state index in [1.807, 2.05) is 4.90 Å². The number of hydrogen-bond acceptors (Lipinski definition) is 5. The maximum atomic E-state index is 14.0. The van der Waals surface area contributed by atoms with Gasteiger partial charge in [0.25, 0.3) is 0 Å². The van der Waals surface area contributed by atoms with E-state index in [1.54, 1.807) is 12.3 Å². The third-order valence-electron chi connectivity index (χ3n) is 4.89. The van der Waals surface area contributed by atoms with Crippen LogP contribution in [0.1, 0.15) is 13.8 Å². The first kappa shape index (κ1) is 16.6. The SMILES string of the molecule is C[C@@H]1CN(C[C@@H]2CN(c3ccncc3F)C[C@@H]2CO)C[C@H](C)O1. The van der Waals surface area contributed by atoms with Gasteiger partial charge in [0.15, 0.2) is 5.82 Å². The van der Waals surface area contributed by atoms with Crippen molar-refractivity contribution in [1.29, 1.82) is 0 Å². The molecule has 128 valence electrons. The molecule has 2 aliphatic heterocycles. The van der Waals surface area contributed by atoms with E-state index in [0.717, 1.165) is 26.2 Å². The highest BCUT2D eigenvalue weighted by molar-refractivity contribution is 5.47.